The molecule has 0 saturated carbocycles. The summed E-state index contributed by atoms with van der Waals surface area (Å²) in [5.74, 6) is 6.48. The number of aliphatic hydroxyl groups is 1. The Labute approximate surface area is 152 Å². The summed E-state index contributed by atoms with van der Waals surface area (Å²) < 4.78 is 13.5. The average Bonchev–Trinajstić information content (AvgIpc) is 2.59. The highest BCUT2D eigenvalue weighted by Crippen LogP contribution is 2.31. The molecule has 4 heteroatoms. The Bertz CT molecular complexity index is 663. The van der Waals surface area contributed by atoms with Crippen LogP contribution >= 0.6 is 0 Å². The van der Waals surface area contributed by atoms with Gasteiger partial charge in [-0.25, -0.2) is 4.39 Å². The summed E-state index contributed by atoms with van der Waals surface area (Å²) in [7, 11) is -0.531. The van der Waals surface area contributed by atoms with Crippen LogP contribution < -0.4 is 0 Å². The summed E-state index contributed by atoms with van der Waals surface area (Å²) >= 11 is 0. The maximum absolute atomic E-state index is 13.5. The summed E-state index contributed by atoms with van der Waals surface area (Å²) in [5.41, 5.74) is 0.518. The van der Waals surface area contributed by atoms with E-state index < -0.39 is 20.7 Å². The zero-order valence-electron chi connectivity index (χ0n) is 15.3. The Kier molecular flexibility index (Phi) is 7.69. The van der Waals surface area contributed by atoms with Gasteiger partial charge < -0.3 is 5.11 Å². The van der Waals surface area contributed by atoms with Crippen LogP contribution in [-0.4, -0.2) is 20.0 Å². The Hall–Kier alpha value is -1.62. The summed E-state index contributed by atoms with van der Waals surface area (Å²) in [5, 5.41) is 18.9. The Morgan fingerprint density at radius 2 is 2.04 bits per heavy atom. The van der Waals surface area contributed by atoms with E-state index >= 15 is 0 Å². The molecule has 1 N–H and O–H groups in total. The molecule has 1 aromatic carbocycles. The molecule has 1 saturated heterocycles. The third kappa shape index (κ3) is 6.65. The minimum atomic E-state index is -0.655. The molecule has 134 valence electrons. The molecule has 0 aliphatic carbocycles. The molecule has 1 atom stereocenters. The molecule has 1 heterocycles. The van der Waals surface area contributed by atoms with Crippen LogP contribution in [0.3, 0.4) is 0 Å². The van der Waals surface area contributed by atoms with E-state index in [9.17, 15) is 9.50 Å². The van der Waals surface area contributed by atoms with Crippen molar-refractivity contribution < 1.29 is 9.50 Å². The number of nitrogens with zero attached hydrogens (tertiary/aromatic N) is 1. The molecule has 0 aromatic heterocycles. The van der Waals surface area contributed by atoms with Crippen molar-refractivity contribution in [1.29, 1.82) is 5.26 Å². The SMILES string of the molecule is CC(C)CC[SiH]1CCC(CC(O)C#Cc2ccc(C#N)c(F)c2)CC1. The van der Waals surface area contributed by atoms with Crippen molar-refractivity contribution in [1.82, 2.24) is 0 Å². The van der Waals surface area contributed by atoms with Gasteiger partial charge in [0, 0.05) is 14.4 Å². The van der Waals surface area contributed by atoms with Crippen molar-refractivity contribution in [3.8, 4) is 17.9 Å². The topological polar surface area (TPSA) is 44.0 Å². The second-order valence-electron chi connectivity index (χ2n) is 7.69. The molecular formula is C21H28FNOSi. The van der Waals surface area contributed by atoms with Crippen LogP contribution in [0.25, 0.3) is 0 Å². The largest absolute Gasteiger partial charge is 0.380 e. The zero-order valence-corrected chi connectivity index (χ0v) is 16.4. The second-order valence-corrected chi connectivity index (χ2v) is 11.1. The summed E-state index contributed by atoms with van der Waals surface area (Å²) in [6, 6.07) is 10.4. The van der Waals surface area contributed by atoms with E-state index in [-0.39, 0.29) is 5.56 Å². The van der Waals surface area contributed by atoms with Gasteiger partial charge >= 0.3 is 0 Å². The monoisotopic (exact) mass is 357 g/mol. The van der Waals surface area contributed by atoms with Gasteiger partial charge in [-0.05, 0) is 36.5 Å². The number of hydrogen-bond donors (Lipinski definition) is 1. The first kappa shape index (κ1) is 19.7. The fraction of sp³-hybridized carbons (Fsp3) is 0.571. The lowest BCUT2D eigenvalue weighted by Gasteiger charge is -2.28. The standard InChI is InChI=1S/C21H28FNOSi/c1-16(2)7-10-25-11-8-18(9-12-25)13-20(24)6-4-17-3-5-19(15-23)21(22)14-17/h3,5,14,16,18,20,24-25H,7-13H2,1-2H3. The summed E-state index contributed by atoms with van der Waals surface area (Å²) in [6.07, 6.45) is 3.91. The van der Waals surface area contributed by atoms with Crippen molar-refractivity contribution in [2.24, 2.45) is 11.8 Å². The van der Waals surface area contributed by atoms with Gasteiger partial charge in [0.1, 0.15) is 18.0 Å². The molecule has 0 radical (unpaired) electrons. The minimum Gasteiger partial charge on any atom is -0.380 e. The lowest BCUT2D eigenvalue weighted by Crippen LogP contribution is -2.24. The average molecular weight is 358 g/mol. The molecule has 1 aromatic rings. The fourth-order valence-electron chi connectivity index (χ4n) is 3.55. The van der Waals surface area contributed by atoms with Gasteiger partial charge in [-0.2, -0.15) is 5.26 Å². The second kappa shape index (κ2) is 9.75. The van der Waals surface area contributed by atoms with Gasteiger partial charge in [0.15, 0.2) is 0 Å². The van der Waals surface area contributed by atoms with Crippen LogP contribution in [0.5, 0.6) is 0 Å². The Morgan fingerprint density at radius 3 is 2.64 bits per heavy atom. The highest BCUT2D eigenvalue weighted by atomic mass is 28.3. The van der Waals surface area contributed by atoms with Crippen molar-refractivity contribution in [3.05, 3.63) is 35.1 Å². The van der Waals surface area contributed by atoms with E-state index in [1.165, 1.54) is 49.5 Å². The third-order valence-corrected chi connectivity index (χ3v) is 8.60. The number of halogens is 1. The zero-order chi connectivity index (χ0) is 18.2. The quantitative estimate of drug-likeness (QED) is 0.623. The van der Waals surface area contributed by atoms with Crippen LogP contribution in [0.2, 0.25) is 18.1 Å². The third-order valence-electron chi connectivity index (χ3n) is 5.15. The Balaban J connectivity index is 1.79. The first-order chi connectivity index (χ1) is 12.0. The van der Waals surface area contributed by atoms with Crippen LogP contribution in [0.4, 0.5) is 4.39 Å². The highest BCUT2D eigenvalue weighted by Gasteiger charge is 2.23. The van der Waals surface area contributed by atoms with E-state index in [1.807, 2.05) is 0 Å². The van der Waals surface area contributed by atoms with Crippen molar-refractivity contribution in [2.75, 3.05) is 0 Å². The molecule has 1 aliphatic heterocycles. The molecule has 0 bridgehead atoms. The van der Waals surface area contributed by atoms with Crippen molar-refractivity contribution in [3.63, 3.8) is 0 Å². The highest BCUT2D eigenvalue weighted by molar-refractivity contribution is 6.58. The van der Waals surface area contributed by atoms with Crippen LogP contribution in [0.1, 0.15) is 50.7 Å². The van der Waals surface area contributed by atoms with E-state index in [2.05, 4.69) is 25.7 Å². The van der Waals surface area contributed by atoms with Gasteiger partial charge in [-0.15, -0.1) is 0 Å². The minimum absolute atomic E-state index is 0.0180. The summed E-state index contributed by atoms with van der Waals surface area (Å²) in [6.45, 7) is 4.60. The number of benzene rings is 1. The first-order valence-corrected chi connectivity index (χ1v) is 11.8. The lowest BCUT2D eigenvalue weighted by molar-refractivity contribution is 0.190. The fourth-order valence-corrected chi connectivity index (χ4v) is 7.44. The van der Waals surface area contributed by atoms with Crippen LogP contribution in [0.15, 0.2) is 18.2 Å². The Morgan fingerprint density at radius 1 is 1.32 bits per heavy atom. The molecule has 0 amide bonds. The number of hydrogen-bond acceptors (Lipinski definition) is 2. The van der Waals surface area contributed by atoms with Gasteiger partial charge in [-0.3, -0.25) is 0 Å². The van der Waals surface area contributed by atoms with Gasteiger partial charge in [-0.1, -0.05) is 63.1 Å². The van der Waals surface area contributed by atoms with Crippen molar-refractivity contribution >= 4 is 8.80 Å². The molecule has 2 rings (SSSR count). The molecule has 0 spiro atoms. The van der Waals surface area contributed by atoms with Crippen molar-refractivity contribution in [2.45, 2.75) is 63.8 Å². The van der Waals surface area contributed by atoms with Gasteiger partial charge in [0.05, 0.1) is 5.56 Å². The van der Waals surface area contributed by atoms with Crippen LogP contribution in [0, 0.1) is 40.8 Å². The van der Waals surface area contributed by atoms with Gasteiger partial charge in [0.2, 0.25) is 0 Å². The van der Waals surface area contributed by atoms with E-state index in [4.69, 9.17) is 5.26 Å². The predicted molar refractivity (Wildman–Crippen MR) is 102 cm³/mol. The number of nitriles is 1. The van der Waals surface area contributed by atoms with E-state index in [0.717, 1.165) is 12.3 Å². The lowest BCUT2D eigenvalue weighted by atomic mass is 9.95. The normalized spacial score (nSPS) is 21.3. The molecule has 2 nitrogen and oxygen atoms in total. The van der Waals surface area contributed by atoms with Gasteiger partial charge in [0.25, 0.3) is 0 Å². The molecule has 1 aliphatic rings. The maximum Gasteiger partial charge on any atom is 0.142 e. The summed E-state index contributed by atoms with van der Waals surface area (Å²) in [4.78, 5) is 0. The first-order valence-electron chi connectivity index (χ1n) is 9.37. The molecule has 1 unspecified atom stereocenters. The number of rotatable bonds is 5. The van der Waals surface area contributed by atoms with Crippen LogP contribution in [-0.2, 0) is 0 Å². The predicted octanol–water partition coefficient (Wildman–Crippen LogP) is 4.48. The molecular weight excluding hydrogens is 329 g/mol. The molecule has 1 fully saturated rings. The number of aliphatic hydroxyl groups excluding tert-OH is 1. The van der Waals surface area contributed by atoms with E-state index in [1.54, 1.807) is 12.1 Å². The van der Waals surface area contributed by atoms with E-state index in [0.29, 0.717) is 11.5 Å². The smallest absolute Gasteiger partial charge is 0.142 e. The molecule has 25 heavy (non-hydrogen) atoms. The maximum atomic E-state index is 13.5.